The maximum absolute atomic E-state index is 13.9. The van der Waals surface area contributed by atoms with Crippen LogP contribution >= 0.6 is 11.6 Å². The third kappa shape index (κ3) is 3.87. The Morgan fingerprint density at radius 2 is 1.50 bits per heavy atom. The van der Waals surface area contributed by atoms with Crippen LogP contribution in [0.4, 0.5) is 4.39 Å². The highest BCUT2D eigenvalue weighted by molar-refractivity contribution is 7.89. The van der Waals surface area contributed by atoms with Gasteiger partial charge in [0.2, 0.25) is 20.0 Å². The summed E-state index contributed by atoms with van der Waals surface area (Å²) in [6.45, 7) is -0.184. The number of ether oxygens (including phenoxy) is 1. The summed E-state index contributed by atoms with van der Waals surface area (Å²) >= 11 is 5.99. The summed E-state index contributed by atoms with van der Waals surface area (Å²) in [4.78, 5) is -0.238. The molecule has 11 heteroatoms. The second-order valence-electron chi connectivity index (χ2n) is 6.03. The van der Waals surface area contributed by atoms with Crippen LogP contribution in [0.2, 0.25) is 5.02 Å². The van der Waals surface area contributed by atoms with E-state index >= 15 is 0 Å². The van der Waals surface area contributed by atoms with Crippen LogP contribution in [0.3, 0.4) is 0 Å². The van der Waals surface area contributed by atoms with Gasteiger partial charge in [-0.25, -0.2) is 21.2 Å². The van der Waals surface area contributed by atoms with Crippen molar-refractivity contribution >= 4 is 31.6 Å². The van der Waals surface area contributed by atoms with Crippen molar-refractivity contribution in [1.82, 2.24) is 8.61 Å². The molecule has 1 aliphatic heterocycles. The smallest absolute Gasteiger partial charge is 0.244 e. The van der Waals surface area contributed by atoms with E-state index in [-0.39, 0.29) is 46.7 Å². The zero-order chi connectivity index (χ0) is 20.5. The van der Waals surface area contributed by atoms with Gasteiger partial charge in [-0.15, -0.1) is 0 Å². The molecule has 0 amide bonds. The molecular formula is C17H18ClFN2O5S2. The number of methoxy groups -OCH3 is 1. The van der Waals surface area contributed by atoms with Crippen molar-refractivity contribution in [2.75, 3.05) is 33.3 Å². The number of rotatable bonds is 5. The van der Waals surface area contributed by atoms with E-state index in [1.807, 2.05) is 0 Å². The standard InChI is InChI=1S/C17H18ClFN2O5S2/c1-26-16-7-6-13(12-15(16)19)27(22,23)20-8-10-21(11-9-20)28(24,25)17-5-3-2-4-14(17)18/h2-7,12H,8-11H2,1H3. The lowest BCUT2D eigenvalue weighted by atomic mass is 10.3. The molecule has 0 atom stereocenters. The number of halogens is 2. The SMILES string of the molecule is COc1ccc(S(=O)(=O)N2CCN(S(=O)(=O)c3ccccc3Cl)CC2)cc1F. The van der Waals surface area contributed by atoms with E-state index < -0.39 is 25.9 Å². The van der Waals surface area contributed by atoms with E-state index in [1.165, 1.54) is 35.7 Å². The molecule has 0 aliphatic carbocycles. The molecule has 2 aromatic rings. The summed E-state index contributed by atoms with van der Waals surface area (Å²) in [6.07, 6.45) is 0. The van der Waals surface area contributed by atoms with Crippen molar-refractivity contribution in [2.24, 2.45) is 0 Å². The van der Waals surface area contributed by atoms with Gasteiger partial charge in [-0.2, -0.15) is 8.61 Å². The van der Waals surface area contributed by atoms with Crippen LogP contribution in [0.15, 0.2) is 52.3 Å². The lowest BCUT2D eigenvalue weighted by molar-refractivity contribution is 0.272. The van der Waals surface area contributed by atoms with Gasteiger partial charge in [-0.3, -0.25) is 0 Å². The van der Waals surface area contributed by atoms with Gasteiger partial charge in [-0.05, 0) is 30.3 Å². The Labute approximate surface area is 168 Å². The number of benzene rings is 2. The Kier molecular flexibility index (Phi) is 5.97. The van der Waals surface area contributed by atoms with E-state index in [0.29, 0.717) is 0 Å². The summed E-state index contributed by atoms with van der Waals surface area (Å²) in [7, 11) is -6.52. The minimum atomic E-state index is -3.96. The van der Waals surface area contributed by atoms with Crippen molar-refractivity contribution in [3.05, 3.63) is 53.3 Å². The first-order chi connectivity index (χ1) is 13.2. The van der Waals surface area contributed by atoms with Crippen LogP contribution in [0.5, 0.6) is 5.75 Å². The highest BCUT2D eigenvalue weighted by Gasteiger charge is 2.34. The van der Waals surface area contributed by atoms with E-state index in [0.717, 1.165) is 10.4 Å². The van der Waals surface area contributed by atoms with Crippen molar-refractivity contribution in [2.45, 2.75) is 9.79 Å². The maximum Gasteiger partial charge on any atom is 0.244 e. The molecule has 7 nitrogen and oxygen atoms in total. The molecule has 1 heterocycles. The van der Waals surface area contributed by atoms with Crippen LogP contribution in [-0.4, -0.2) is 58.7 Å². The number of nitrogens with zero attached hydrogens (tertiary/aromatic N) is 2. The normalized spacial score (nSPS) is 16.8. The van der Waals surface area contributed by atoms with E-state index in [2.05, 4.69) is 0 Å². The van der Waals surface area contributed by atoms with Crippen molar-refractivity contribution < 1.29 is 26.0 Å². The number of sulfonamides is 2. The molecule has 0 saturated carbocycles. The lowest BCUT2D eigenvalue weighted by Gasteiger charge is -2.33. The molecule has 1 aliphatic rings. The predicted molar refractivity (Wildman–Crippen MR) is 102 cm³/mol. The van der Waals surface area contributed by atoms with E-state index in [1.54, 1.807) is 12.1 Å². The van der Waals surface area contributed by atoms with E-state index in [4.69, 9.17) is 16.3 Å². The minimum Gasteiger partial charge on any atom is -0.494 e. The third-order valence-electron chi connectivity index (χ3n) is 4.41. The monoisotopic (exact) mass is 448 g/mol. The third-order valence-corrected chi connectivity index (χ3v) is 8.71. The maximum atomic E-state index is 13.9. The largest absolute Gasteiger partial charge is 0.494 e. The molecule has 28 heavy (non-hydrogen) atoms. The minimum absolute atomic E-state index is 0.0230. The molecule has 0 bridgehead atoms. The summed E-state index contributed by atoms with van der Waals surface area (Å²) in [5.74, 6) is -0.849. The number of piperazine rings is 1. The first-order valence-electron chi connectivity index (χ1n) is 8.26. The molecular weight excluding hydrogens is 431 g/mol. The highest BCUT2D eigenvalue weighted by atomic mass is 35.5. The molecule has 0 N–H and O–H groups in total. The topological polar surface area (TPSA) is 84.0 Å². The zero-order valence-corrected chi connectivity index (χ0v) is 17.3. The number of hydrogen-bond donors (Lipinski definition) is 0. The number of hydrogen-bond acceptors (Lipinski definition) is 5. The Balaban J connectivity index is 1.78. The Morgan fingerprint density at radius 1 is 0.929 bits per heavy atom. The lowest BCUT2D eigenvalue weighted by Crippen LogP contribution is -2.50. The Hall–Kier alpha value is -1.72. The molecule has 2 aromatic carbocycles. The summed E-state index contributed by atoms with van der Waals surface area (Å²) in [6, 6.07) is 9.46. The molecule has 0 unspecified atom stereocenters. The fraction of sp³-hybridized carbons (Fsp3) is 0.294. The van der Waals surface area contributed by atoms with Crippen molar-refractivity contribution in [3.8, 4) is 5.75 Å². The van der Waals surface area contributed by atoms with Crippen LogP contribution in [0.25, 0.3) is 0 Å². The molecule has 152 valence electrons. The first kappa shape index (κ1) is 21.0. The van der Waals surface area contributed by atoms with Gasteiger partial charge in [0.25, 0.3) is 0 Å². The fourth-order valence-corrected chi connectivity index (χ4v) is 6.25. The quantitative estimate of drug-likeness (QED) is 0.700. The first-order valence-corrected chi connectivity index (χ1v) is 11.5. The molecule has 0 radical (unpaired) electrons. The second-order valence-corrected chi connectivity index (χ2v) is 10.3. The fourth-order valence-electron chi connectivity index (χ4n) is 2.90. The zero-order valence-electron chi connectivity index (χ0n) is 14.9. The van der Waals surface area contributed by atoms with Gasteiger partial charge in [0.15, 0.2) is 11.6 Å². The second kappa shape index (κ2) is 7.96. The molecule has 0 aromatic heterocycles. The van der Waals surface area contributed by atoms with Crippen LogP contribution in [0.1, 0.15) is 0 Å². The Morgan fingerprint density at radius 3 is 2.04 bits per heavy atom. The highest BCUT2D eigenvalue weighted by Crippen LogP contribution is 2.27. The summed E-state index contributed by atoms with van der Waals surface area (Å²) in [5, 5.41) is 0.103. The predicted octanol–water partition coefficient (Wildman–Crippen LogP) is 2.18. The average molecular weight is 449 g/mol. The average Bonchev–Trinajstić information content (AvgIpc) is 2.68. The van der Waals surface area contributed by atoms with Gasteiger partial charge in [0.05, 0.1) is 17.0 Å². The van der Waals surface area contributed by atoms with Crippen molar-refractivity contribution in [1.29, 1.82) is 0 Å². The van der Waals surface area contributed by atoms with Gasteiger partial charge < -0.3 is 4.74 Å². The van der Waals surface area contributed by atoms with Crippen LogP contribution in [-0.2, 0) is 20.0 Å². The van der Waals surface area contributed by atoms with Crippen LogP contribution in [0, 0.1) is 5.82 Å². The van der Waals surface area contributed by atoms with Gasteiger partial charge in [0, 0.05) is 26.2 Å². The Bertz CT molecular complexity index is 1080. The van der Waals surface area contributed by atoms with Gasteiger partial charge in [-0.1, -0.05) is 23.7 Å². The molecule has 3 rings (SSSR count). The molecule has 1 saturated heterocycles. The van der Waals surface area contributed by atoms with Gasteiger partial charge >= 0.3 is 0 Å². The summed E-state index contributed by atoms with van der Waals surface area (Å²) < 4.78 is 72.0. The van der Waals surface area contributed by atoms with E-state index in [9.17, 15) is 21.2 Å². The summed E-state index contributed by atoms with van der Waals surface area (Å²) in [5.41, 5.74) is 0. The molecule has 1 fully saturated rings. The van der Waals surface area contributed by atoms with Gasteiger partial charge in [0.1, 0.15) is 4.90 Å². The van der Waals surface area contributed by atoms with Crippen LogP contribution < -0.4 is 4.74 Å². The van der Waals surface area contributed by atoms with Crippen molar-refractivity contribution in [3.63, 3.8) is 0 Å². The molecule has 0 spiro atoms.